The van der Waals surface area contributed by atoms with E-state index in [4.69, 9.17) is 0 Å². The monoisotopic (exact) mass is 289 g/mol. The smallest absolute Gasteiger partial charge is 0.236 e. The Bertz CT molecular complexity index is 416. The summed E-state index contributed by atoms with van der Waals surface area (Å²) in [6, 6.07) is -0.0622. The molecule has 110 valence electrons. The van der Waals surface area contributed by atoms with Crippen LogP contribution < -0.4 is 5.32 Å². The number of nitrogens with zero attached hydrogens (tertiary/aromatic N) is 2. The second-order valence-electron chi connectivity index (χ2n) is 5.42. The summed E-state index contributed by atoms with van der Waals surface area (Å²) in [6.07, 6.45) is 0.982. The van der Waals surface area contributed by atoms with Gasteiger partial charge in [-0.05, 0) is 19.9 Å². The van der Waals surface area contributed by atoms with Gasteiger partial charge in [0, 0.05) is 32.2 Å². The fourth-order valence-corrected chi connectivity index (χ4v) is 4.26. The summed E-state index contributed by atoms with van der Waals surface area (Å²) in [6.45, 7) is 6.05. The van der Waals surface area contributed by atoms with Gasteiger partial charge in [-0.2, -0.15) is 0 Å². The number of hydrogen-bond donors (Lipinski definition) is 1. The number of rotatable bonds is 2. The molecule has 7 heteroatoms. The highest BCUT2D eigenvalue weighted by molar-refractivity contribution is 7.91. The summed E-state index contributed by atoms with van der Waals surface area (Å²) < 4.78 is 23.0. The number of carbonyl (C=O) groups excluding carboxylic acids is 1. The van der Waals surface area contributed by atoms with Gasteiger partial charge >= 0.3 is 0 Å². The molecule has 2 fully saturated rings. The minimum absolute atomic E-state index is 0.0622. The van der Waals surface area contributed by atoms with Gasteiger partial charge in [-0.3, -0.25) is 9.69 Å². The molecular formula is C12H23N3O3S. The van der Waals surface area contributed by atoms with Crippen LogP contribution in [0, 0.1) is 0 Å². The summed E-state index contributed by atoms with van der Waals surface area (Å²) in [4.78, 5) is 16.1. The van der Waals surface area contributed by atoms with E-state index in [0.717, 1.165) is 32.6 Å². The lowest BCUT2D eigenvalue weighted by Gasteiger charge is -2.34. The molecule has 2 aliphatic heterocycles. The van der Waals surface area contributed by atoms with Crippen molar-refractivity contribution >= 4 is 15.7 Å². The van der Waals surface area contributed by atoms with Gasteiger partial charge in [0.2, 0.25) is 5.91 Å². The van der Waals surface area contributed by atoms with Crippen LogP contribution in [-0.4, -0.2) is 80.9 Å². The van der Waals surface area contributed by atoms with Crippen LogP contribution in [0.15, 0.2) is 0 Å². The van der Waals surface area contributed by atoms with Crippen LogP contribution >= 0.6 is 0 Å². The van der Waals surface area contributed by atoms with E-state index in [1.807, 2.05) is 16.7 Å². The lowest BCUT2D eigenvalue weighted by Crippen LogP contribution is -2.51. The summed E-state index contributed by atoms with van der Waals surface area (Å²) in [5, 5.41) is 3.27. The molecular weight excluding hydrogens is 266 g/mol. The Hall–Kier alpha value is -0.660. The van der Waals surface area contributed by atoms with Crippen molar-refractivity contribution < 1.29 is 13.2 Å². The molecule has 0 aliphatic carbocycles. The topological polar surface area (TPSA) is 69.7 Å². The minimum Gasteiger partial charge on any atom is -0.340 e. The molecule has 1 amide bonds. The number of carbonyl (C=O) groups is 1. The number of hydrogen-bond acceptors (Lipinski definition) is 5. The van der Waals surface area contributed by atoms with Crippen LogP contribution in [0.25, 0.3) is 0 Å². The van der Waals surface area contributed by atoms with Crippen LogP contribution in [-0.2, 0) is 14.6 Å². The lowest BCUT2D eigenvalue weighted by molar-refractivity contribution is -0.132. The number of nitrogens with one attached hydrogen (secondary N) is 1. The zero-order valence-electron chi connectivity index (χ0n) is 11.5. The van der Waals surface area contributed by atoms with Crippen molar-refractivity contribution in [2.75, 3.05) is 50.8 Å². The van der Waals surface area contributed by atoms with Crippen molar-refractivity contribution in [2.24, 2.45) is 0 Å². The van der Waals surface area contributed by atoms with E-state index >= 15 is 0 Å². The van der Waals surface area contributed by atoms with Gasteiger partial charge in [-0.25, -0.2) is 8.42 Å². The quantitative estimate of drug-likeness (QED) is 0.701. The van der Waals surface area contributed by atoms with E-state index in [-0.39, 0.29) is 23.5 Å². The zero-order valence-corrected chi connectivity index (χ0v) is 12.3. The van der Waals surface area contributed by atoms with E-state index in [0.29, 0.717) is 13.1 Å². The minimum atomic E-state index is -2.91. The van der Waals surface area contributed by atoms with Gasteiger partial charge in [0.25, 0.3) is 0 Å². The van der Waals surface area contributed by atoms with Crippen molar-refractivity contribution in [3.05, 3.63) is 0 Å². The first-order valence-electron chi connectivity index (χ1n) is 6.91. The van der Waals surface area contributed by atoms with Gasteiger partial charge < -0.3 is 10.2 Å². The molecule has 0 aromatic heterocycles. The molecule has 0 bridgehead atoms. The van der Waals surface area contributed by atoms with Crippen LogP contribution in [0.3, 0.4) is 0 Å². The Morgan fingerprint density at radius 3 is 2.79 bits per heavy atom. The maximum Gasteiger partial charge on any atom is 0.236 e. The van der Waals surface area contributed by atoms with Gasteiger partial charge in [-0.1, -0.05) is 0 Å². The lowest BCUT2D eigenvalue weighted by atomic mass is 10.3. The van der Waals surface area contributed by atoms with Crippen LogP contribution in [0.2, 0.25) is 0 Å². The fourth-order valence-electron chi connectivity index (χ4n) is 2.64. The third-order valence-electron chi connectivity index (χ3n) is 3.84. The summed E-state index contributed by atoms with van der Waals surface area (Å²) in [5.74, 6) is 0.462. The Morgan fingerprint density at radius 2 is 2.05 bits per heavy atom. The first kappa shape index (κ1) is 14.7. The Kier molecular flexibility index (Phi) is 4.81. The molecule has 2 saturated heterocycles. The maximum atomic E-state index is 12.2. The molecule has 2 rings (SSSR count). The van der Waals surface area contributed by atoms with Crippen molar-refractivity contribution in [3.63, 3.8) is 0 Å². The van der Waals surface area contributed by atoms with E-state index in [2.05, 4.69) is 5.32 Å². The summed E-state index contributed by atoms with van der Waals surface area (Å²) in [7, 11) is -2.91. The molecule has 6 nitrogen and oxygen atoms in total. The Balaban J connectivity index is 1.88. The van der Waals surface area contributed by atoms with Gasteiger partial charge in [0.05, 0.1) is 18.1 Å². The molecule has 0 aromatic carbocycles. The van der Waals surface area contributed by atoms with E-state index < -0.39 is 9.84 Å². The zero-order chi connectivity index (χ0) is 13.9. The van der Waals surface area contributed by atoms with Gasteiger partial charge in [0.1, 0.15) is 0 Å². The largest absolute Gasteiger partial charge is 0.340 e. The summed E-state index contributed by atoms with van der Waals surface area (Å²) >= 11 is 0. The predicted octanol–water partition coefficient (Wildman–Crippen LogP) is -1.07. The van der Waals surface area contributed by atoms with Crippen LogP contribution in [0.5, 0.6) is 0 Å². The van der Waals surface area contributed by atoms with E-state index in [9.17, 15) is 13.2 Å². The van der Waals surface area contributed by atoms with Crippen LogP contribution in [0.4, 0.5) is 0 Å². The van der Waals surface area contributed by atoms with Crippen LogP contribution in [0.1, 0.15) is 13.3 Å². The first-order chi connectivity index (χ1) is 8.98. The highest BCUT2D eigenvalue weighted by atomic mass is 32.2. The average molecular weight is 289 g/mol. The van der Waals surface area contributed by atoms with E-state index in [1.54, 1.807) is 0 Å². The van der Waals surface area contributed by atoms with Crippen molar-refractivity contribution in [3.8, 4) is 0 Å². The molecule has 1 N–H and O–H groups in total. The Labute approximate surface area is 115 Å². The molecule has 0 aromatic rings. The second-order valence-corrected chi connectivity index (χ2v) is 7.65. The molecule has 2 heterocycles. The van der Waals surface area contributed by atoms with E-state index in [1.165, 1.54) is 0 Å². The fraction of sp³-hybridized carbons (Fsp3) is 0.917. The molecule has 1 atom stereocenters. The highest BCUT2D eigenvalue weighted by Crippen LogP contribution is 2.11. The number of sulfone groups is 1. The predicted molar refractivity (Wildman–Crippen MR) is 73.8 cm³/mol. The molecule has 0 spiro atoms. The standard InChI is InChI=1S/C12H23N3O3S/c1-11-10-19(17,18)8-7-15(11)9-12(16)14-5-2-3-13-4-6-14/h11,13H,2-10H2,1H3. The average Bonchev–Trinajstić information content (AvgIpc) is 2.60. The third kappa shape index (κ3) is 4.15. The van der Waals surface area contributed by atoms with Crippen molar-refractivity contribution in [1.82, 2.24) is 15.1 Å². The van der Waals surface area contributed by atoms with Gasteiger partial charge in [-0.15, -0.1) is 0 Å². The van der Waals surface area contributed by atoms with Gasteiger partial charge in [0.15, 0.2) is 9.84 Å². The SMILES string of the molecule is CC1CS(=O)(=O)CCN1CC(=O)N1CCCNCC1. The number of amides is 1. The second kappa shape index (κ2) is 6.19. The highest BCUT2D eigenvalue weighted by Gasteiger charge is 2.30. The van der Waals surface area contributed by atoms with Crippen molar-refractivity contribution in [1.29, 1.82) is 0 Å². The summed E-state index contributed by atoms with van der Waals surface area (Å²) in [5.41, 5.74) is 0. The normalized spacial score (nSPS) is 28.9. The first-order valence-corrected chi connectivity index (χ1v) is 8.73. The molecule has 19 heavy (non-hydrogen) atoms. The third-order valence-corrected chi connectivity index (χ3v) is 5.63. The molecule has 1 unspecified atom stereocenters. The van der Waals surface area contributed by atoms with Crippen molar-refractivity contribution in [2.45, 2.75) is 19.4 Å². The molecule has 0 saturated carbocycles. The maximum absolute atomic E-state index is 12.2. The molecule has 0 radical (unpaired) electrons. The Morgan fingerprint density at radius 1 is 1.26 bits per heavy atom. The molecule has 2 aliphatic rings.